The van der Waals surface area contributed by atoms with Gasteiger partial charge in [0, 0.05) is 18.9 Å². The first-order chi connectivity index (χ1) is 10.7. The van der Waals surface area contributed by atoms with Crippen LogP contribution in [0.5, 0.6) is 5.75 Å². The maximum atomic E-state index is 11.9. The minimum atomic E-state index is -0.0396. The van der Waals surface area contributed by atoms with E-state index in [4.69, 9.17) is 0 Å². The van der Waals surface area contributed by atoms with Crippen molar-refractivity contribution in [2.75, 3.05) is 6.54 Å². The quantitative estimate of drug-likeness (QED) is 0.756. The fourth-order valence-corrected chi connectivity index (χ4v) is 2.31. The molecule has 3 rings (SSSR count). The van der Waals surface area contributed by atoms with E-state index in [-0.39, 0.29) is 18.1 Å². The number of fused-ring (bicyclic) bond motifs is 1. The lowest BCUT2D eigenvalue weighted by Gasteiger charge is -2.04. The Bertz CT molecular complexity index is 745. The molecule has 2 N–H and O–H groups in total. The van der Waals surface area contributed by atoms with Crippen molar-refractivity contribution in [2.45, 2.75) is 12.8 Å². The number of rotatable bonds is 5. The van der Waals surface area contributed by atoms with Crippen molar-refractivity contribution >= 4 is 11.6 Å². The maximum Gasteiger partial charge on any atom is 0.226 e. The first-order valence-corrected chi connectivity index (χ1v) is 7.18. The van der Waals surface area contributed by atoms with Gasteiger partial charge in [-0.15, -0.1) is 0 Å². The SMILES string of the molecule is O=C(Cc1cn2ccccc2n1)NCCc1ccc(O)cc1. The fraction of sp³-hybridized carbons (Fsp3) is 0.176. The molecule has 0 aliphatic rings. The second-order valence-corrected chi connectivity index (χ2v) is 5.14. The van der Waals surface area contributed by atoms with Gasteiger partial charge < -0.3 is 14.8 Å². The normalized spacial score (nSPS) is 10.7. The van der Waals surface area contributed by atoms with E-state index in [0.717, 1.165) is 23.3 Å². The molecule has 1 aromatic carbocycles. The van der Waals surface area contributed by atoms with Gasteiger partial charge in [-0.05, 0) is 36.2 Å². The van der Waals surface area contributed by atoms with Crippen molar-refractivity contribution in [2.24, 2.45) is 0 Å². The van der Waals surface area contributed by atoms with Crippen LogP contribution in [0.15, 0.2) is 54.9 Å². The van der Waals surface area contributed by atoms with E-state index in [1.807, 2.05) is 47.1 Å². The summed E-state index contributed by atoms with van der Waals surface area (Å²) in [5, 5.41) is 12.1. The van der Waals surface area contributed by atoms with Crippen LogP contribution in [0.4, 0.5) is 0 Å². The summed E-state index contributed by atoms with van der Waals surface area (Å²) < 4.78 is 1.90. The lowest BCUT2D eigenvalue weighted by Crippen LogP contribution is -2.27. The van der Waals surface area contributed by atoms with Crippen LogP contribution in [0.25, 0.3) is 5.65 Å². The lowest BCUT2D eigenvalue weighted by atomic mass is 10.1. The molecule has 2 heterocycles. The van der Waals surface area contributed by atoms with E-state index in [9.17, 15) is 9.90 Å². The van der Waals surface area contributed by atoms with E-state index in [2.05, 4.69) is 10.3 Å². The van der Waals surface area contributed by atoms with Gasteiger partial charge in [-0.2, -0.15) is 0 Å². The molecule has 0 aliphatic heterocycles. The molecule has 1 amide bonds. The van der Waals surface area contributed by atoms with Gasteiger partial charge in [0.05, 0.1) is 12.1 Å². The molecule has 0 aliphatic carbocycles. The molecule has 0 saturated heterocycles. The standard InChI is InChI=1S/C17H17N3O2/c21-15-6-4-13(5-7-15)8-9-18-17(22)11-14-12-20-10-2-1-3-16(20)19-14/h1-7,10,12,21H,8-9,11H2,(H,18,22). The number of amides is 1. The number of benzene rings is 1. The van der Waals surface area contributed by atoms with Gasteiger partial charge in [0.25, 0.3) is 0 Å². The van der Waals surface area contributed by atoms with Crippen molar-refractivity contribution in [3.8, 4) is 5.75 Å². The van der Waals surface area contributed by atoms with Gasteiger partial charge in [-0.1, -0.05) is 18.2 Å². The summed E-state index contributed by atoms with van der Waals surface area (Å²) in [5.41, 5.74) is 2.67. The molecule has 0 fully saturated rings. The van der Waals surface area contributed by atoms with Crippen molar-refractivity contribution in [1.82, 2.24) is 14.7 Å². The predicted molar refractivity (Wildman–Crippen MR) is 83.7 cm³/mol. The second-order valence-electron chi connectivity index (χ2n) is 5.14. The van der Waals surface area contributed by atoms with Crippen molar-refractivity contribution in [3.63, 3.8) is 0 Å². The van der Waals surface area contributed by atoms with Gasteiger partial charge in [0.2, 0.25) is 5.91 Å². The number of carbonyl (C=O) groups excluding carboxylic acids is 1. The Morgan fingerprint density at radius 1 is 1.18 bits per heavy atom. The molecular formula is C17H17N3O2. The van der Waals surface area contributed by atoms with Crippen LogP contribution in [-0.4, -0.2) is 26.9 Å². The van der Waals surface area contributed by atoms with Crippen LogP contribution in [0, 0.1) is 0 Å². The van der Waals surface area contributed by atoms with Crippen LogP contribution in [-0.2, 0) is 17.6 Å². The Morgan fingerprint density at radius 3 is 2.77 bits per heavy atom. The van der Waals surface area contributed by atoms with Crippen LogP contribution < -0.4 is 5.32 Å². The summed E-state index contributed by atoms with van der Waals surface area (Å²) in [7, 11) is 0. The Labute approximate surface area is 128 Å². The molecule has 0 radical (unpaired) electrons. The van der Waals surface area contributed by atoms with Crippen LogP contribution >= 0.6 is 0 Å². The zero-order valence-electron chi connectivity index (χ0n) is 12.1. The van der Waals surface area contributed by atoms with E-state index in [1.54, 1.807) is 12.1 Å². The van der Waals surface area contributed by atoms with E-state index < -0.39 is 0 Å². The Balaban J connectivity index is 1.50. The lowest BCUT2D eigenvalue weighted by molar-refractivity contribution is -0.120. The third kappa shape index (κ3) is 3.44. The van der Waals surface area contributed by atoms with Gasteiger partial charge >= 0.3 is 0 Å². The van der Waals surface area contributed by atoms with Crippen LogP contribution in [0.1, 0.15) is 11.3 Å². The molecule has 0 spiro atoms. The zero-order chi connectivity index (χ0) is 15.4. The number of carbonyl (C=O) groups is 1. The van der Waals surface area contributed by atoms with E-state index >= 15 is 0 Å². The van der Waals surface area contributed by atoms with Crippen molar-refractivity contribution < 1.29 is 9.90 Å². The number of phenolic OH excluding ortho intramolecular Hbond substituents is 1. The number of aromatic hydroxyl groups is 1. The number of pyridine rings is 1. The van der Waals surface area contributed by atoms with Gasteiger partial charge in [-0.25, -0.2) is 4.98 Å². The molecule has 0 unspecified atom stereocenters. The predicted octanol–water partition coefficient (Wildman–Crippen LogP) is 1.94. The minimum absolute atomic E-state index is 0.0396. The summed E-state index contributed by atoms with van der Waals surface area (Å²) >= 11 is 0. The van der Waals surface area contributed by atoms with Crippen molar-refractivity contribution in [1.29, 1.82) is 0 Å². The highest BCUT2D eigenvalue weighted by molar-refractivity contribution is 5.78. The van der Waals surface area contributed by atoms with Crippen molar-refractivity contribution in [3.05, 3.63) is 66.1 Å². The highest BCUT2D eigenvalue weighted by atomic mass is 16.3. The summed E-state index contributed by atoms with van der Waals surface area (Å²) in [4.78, 5) is 16.3. The average molecular weight is 295 g/mol. The highest BCUT2D eigenvalue weighted by Crippen LogP contribution is 2.09. The highest BCUT2D eigenvalue weighted by Gasteiger charge is 2.07. The van der Waals surface area contributed by atoms with E-state index in [1.165, 1.54) is 0 Å². The molecular weight excluding hydrogens is 278 g/mol. The fourth-order valence-electron chi connectivity index (χ4n) is 2.31. The molecule has 3 aromatic rings. The summed E-state index contributed by atoms with van der Waals surface area (Å²) in [6, 6.07) is 12.8. The minimum Gasteiger partial charge on any atom is -0.508 e. The number of nitrogens with one attached hydrogen (secondary N) is 1. The first-order valence-electron chi connectivity index (χ1n) is 7.18. The first kappa shape index (κ1) is 14.1. The average Bonchev–Trinajstić information content (AvgIpc) is 2.91. The number of hydrogen-bond donors (Lipinski definition) is 2. The summed E-state index contributed by atoms with van der Waals surface area (Å²) in [5.74, 6) is 0.210. The third-order valence-corrected chi connectivity index (χ3v) is 3.43. The Hall–Kier alpha value is -2.82. The number of phenols is 1. The Kier molecular flexibility index (Phi) is 4.05. The molecule has 0 saturated carbocycles. The largest absolute Gasteiger partial charge is 0.508 e. The number of hydrogen-bond acceptors (Lipinski definition) is 3. The van der Waals surface area contributed by atoms with Gasteiger partial charge in [-0.3, -0.25) is 4.79 Å². The second kappa shape index (κ2) is 6.30. The van der Waals surface area contributed by atoms with Crippen LogP contribution in [0.2, 0.25) is 0 Å². The van der Waals surface area contributed by atoms with Gasteiger partial charge in [0.1, 0.15) is 11.4 Å². The molecule has 22 heavy (non-hydrogen) atoms. The Morgan fingerprint density at radius 2 is 2.00 bits per heavy atom. The molecule has 112 valence electrons. The summed E-state index contributed by atoms with van der Waals surface area (Å²) in [6.45, 7) is 0.566. The molecule has 5 heteroatoms. The smallest absolute Gasteiger partial charge is 0.226 e. The van der Waals surface area contributed by atoms with E-state index in [0.29, 0.717) is 6.54 Å². The number of imidazole rings is 1. The molecule has 0 atom stereocenters. The summed E-state index contributed by atoms with van der Waals surface area (Å²) in [6.07, 6.45) is 4.79. The molecule has 5 nitrogen and oxygen atoms in total. The molecule has 2 aromatic heterocycles. The zero-order valence-corrected chi connectivity index (χ0v) is 12.1. The topological polar surface area (TPSA) is 66.6 Å². The number of nitrogens with zero attached hydrogens (tertiary/aromatic N) is 2. The monoisotopic (exact) mass is 295 g/mol. The maximum absolute atomic E-state index is 11.9. The van der Waals surface area contributed by atoms with Gasteiger partial charge in [0.15, 0.2) is 0 Å². The van der Waals surface area contributed by atoms with Crippen LogP contribution in [0.3, 0.4) is 0 Å². The third-order valence-electron chi connectivity index (χ3n) is 3.43. The molecule has 0 bridgehead atoms. The number of aromatic nitrogens is 2.